The van der Waals surface area contributed by atoms with Crippen LogP contribution in [0.15, 0.2) is 36.7 Å². The Kier molecular flexibility index (Phi) is 5.73. The van der Waals surface area contributed by atoms with Gasteiger partial charge >= 0.3 is 0 Å². The number of hydrogen-bond acceptors (Lipinski definition) is 5. The monoisotopic (exact) mass is 434 g/mol. The van der Waals surface area contributed by atoms with Gasteiger partial charge in [-0.1, -0.05) is 18.2 Å². The number of hydrogen-bond donors (Lipinski definition) is 0. The molecule has 2 saturated heterocycles. The van der Waals surface area contributed by atoms with Crippen LogP contribution in [0.5, 0.6) is 0 Å². The molecule has 2 aliphatic rings. The van der Waals surface area contributed by atoms with E-state index in [4.69, 9.17) is 0 Å². The number of amides is 1. The van der Waals surface area contributed by atoms with Crippen LogP contribution in [0.2, 0.25) is 0 Å². The van der Waals surface area contributed by atoms with E-state index in [9.17, 15) is 17.8 Å². The molecule has 2 fully saturated rings. The lowest BCUT2D eigenvalue weighted by Crippen LogP contribution is -2.53. The zero-order chi connectivity index (χ0) is 21.3. The number of benzene rings is 1. The number of aromatic nitrogens is 2. The van der Waals surface area contributed by atoms with Crippen LogP contribution in [0.4, 0.5) is 14.7 Å². The Morgan fingerprint density at radius 1 is 1.10 bits per heavy atom. The van der Waals surface area contributed by atoms with Gasteiger partial charge in [-0.15, -0.1) is 0 Å². The molecule has 0 N–H and O–H groups in total. The van der Waals surface area contributed by atoms with Crippen LogP contribution in [0, 0.1) is 17.6 Å². The SMILES string of the molecule is C=S1(=O)CCC(C(=O)N2CCN(c3ncc(F)cn3)CC2c2ccccc2F)CC1. The summed E-state index contributed by atoms with van der Waals surface area (Å²) in [7, 11) is -2.09. The Morgan fingerprint density at radius 2 is 1.77 bits per heavy atom. The summed E-state index contributed by atoms with van der Waals surface area (Å²) < 4.78 is 40.0. The summed E-state index contributed by atoms with van der Waals surface area (Å²) in [5.74, 6) is 3.81. The quantitative estimate of drug-likeness (QED) is 0.694. The first-order valence-electron chi connectivity index (χ1n) is 9.94. The molecule has 1 atom stereocenters. The van der Waals surface area contributed by atoms with Crippen LogP contribution in [0.25, 0.3) is 0 Å². The highest BCUT2D eigenvalue weighted by atomic mass is 32.2. The highest BCUT2D eigenvalue weighted by Crippen LogP contribution is 2.32. The molecule has 2 aliphatic heterocycles. The molecule has 0 aliphatic carbocycles. The fourth-order valence-electron chi connectivity index (χ4n) is 4.15. The summed E-state index contributed by atoms with van der Waals surface area (Å²) >= 11 is 0. The van der Waals surface area contributed by atoms with Crippen LogP contribution in [-0.2, 0) is 14.3 Å². The molecule has 1 amide bonds. The molecule has 4 rings (SSSR count). The summed E-state index contributed by atoms with van der Waals surface area (Å²) in [5, 5.41) is 0. The molecular weight excluding hydrogens is 410 g/mol. The first kappa shape index (κ1) is 20.7. The van der Waals surface area contributed by atoms with Crippen molar-refractivity contribution in [1.82, 2.24) is 14.9 Å². The summed E-state index contributed by atoms with van der Waals surface area (Å²) in [6.45, 7) is 1.13. The van der Waals surface area contributed by atoms with E-state index in [-0.39, 0.29) is 17.6 Å². The average molecular weight is 435 g/mol. The van der Waals surface area contributed by atoms with Crippen molar-refractivity contribution in [3.8, 4) is 0 Å². The van der Waals surface area contributed by atoms with Crippen molar-refractivity contribution in [2.24, 2.45) is 5.92 Å². The molecule has 0 bridgehead atoms. The molecule has 6 nitrogen and oxygen atoms in total. The van der Waals surface area contributed by atoms with E-state index >= 15 is 0 Å². The topological polar surface area (TPSA) is 66.4 Å². The number of carbonyl (C=O) groups excluding carboxylic acids is 1. The highest BCUT2D eigenvalue weighted by molar-refractivity contribution is 8.00. The molecule has 1 aromatic carbocycles. The van der Waals surface area contributed by atoms with Crippen LogP contribution in [0.1, 0.15) is 24.4 Å². The Labute approximate surface area is 174 Å². The fraction of sp³-hybridized carbons (Fsp3) is 0.429. The minimum absolute atomic E-state index is 0.0437. The number of anilines is 1. The predicted molar refractivity (Wildman–Crippen MR) is 113 cm³/mol. The number of nitrogens with zero attached hydrogens (tertiary/aromatic N) is 4. The Bertz CT molecular complexity index is 1020. The number of carbonyl (C=O) groups is 1. The van der Waals surface area contributed by atoms with Crippen LogP contribution < -0.4 is 4.90 Å². The largest absolute Gasteiger partial charge is 0.337 e. The Balaban J connectivity index is 1.60. The predicted octanol–water partition coefficient (Wildman–Crippen LogP) is 2.27. The molecule has 30 heavy (non-hydrogen) atoms. The first-order chi connectivity index (χ1) is 14.3. The summed E-state index contributed by atoms with van der Waals surface area (Å²) in [6.07, 6.45) is 3.26. The van der Waals surface area contributed by atoms with Gasteiger partial charge in [0.2, 0.25) is 11.9 Å². The lowest BCUT2D eigenvalue weighted by Gasteiger charge is -2.43. The molecule has 1 unspecified atom stereocenters. The van der Waals surface area contributed by atoms with Gasteiger partial charge in [0.25, 0.3) is 0 Å². The molecule has 9 heteroatoms. The second-order valence-electron chi connectivity index (χ2n) is 7.86. The Hall–Kier alpha value is -2.55. The van der Waals surface area contributed by atoms with E-state index in [1.807, 2.05) is 4.90 Å². The first-order valence-corrected chi connectivity index (χ1v) is 12.0. The van der Waals surface area contributed by atoms with Gasteiger partial charge in [-0.05, 0) is 34.3 Å². The van der Waals surface area contributed by atoms with Gasteiger partial charge in [0.15, 0.2) is 5.82 Å². The van der Waals surface area contributed by atoms with Crippen molar-refractivity contribution in [1.29, 1.82) is 0 Å². The lowest BCUT2D eigenvalue weighted by atomic mass is 9.96. The van der Waals surface area contributed by atoms with Gasteiger partial charge < -0.3 is 9.80 Å². The maximum Gasteiger partial charge on any atom is 0.226 e. The average Bonchev–Trinajstić information content (AvgIpc) is 2.74. The van der Waals surface area contributed by atoms with E-state index < -0.39 is 21.4 Å². The second-order valence-corrected chi connectivity index (χ2v) is 10.6. The van der Waals surface area contributed by atoms with Crippen molar-refractivity contribution < 1.29 is 17.8 Å². The normalized spacial score (nSPS) is 27.1. The van der Waals surface area contributed by atoms with E-state index in [1.165, 1.54) is 6.07 Å². The minimum atomic E-state index is -2.09. The third-order valence-electron chi connectivity index (χ3n) is 5.84. The van der Waals surface area contributed by atoms with E-state index in [2.05, 4.69) is 15.8 Å². The molecule has 1 aromatic heterocycles. The zero-order valence-electron chi connectivity index (χ0n) is 16.5. The van der Waals surface area contributed by atoms with Crippen LogP contribution in [0.3, 0.4) is 0 Å². The Morgan fingerprint density at radius 3 is 2.43 bits per heavy atom. The summed E-state index contributed by atoms with van der Waals surface area (Å²) in [5.41, 5.74) is 0.425. The molecule has 0 saturated carbocycles. The van der Waals surface area contributed by atoms with Crippen molar-refractivity contribution in [2.45, 2.75) is 18.9 Å². The zero-order valence-corrected chi connectivity index (χ0v) is 17.4. The van der Waals surface area contributed by atoms with Crippen LogP contribution >= 0.6 is 0 Å². The van der Waals surface area contributed by atoms with Gasteiger partial charge in [0.1, 0.15) is 5.82 Å². The van der Waals surface area contributed by atoms with Crippen molar-refractivity contribution in [2.75, 3.05) is 36.0 Å². The maximum atomic E-state index is 14.7. The van der Waals surface area contributed by atoms with Crippen LogP contribution in [-0.4, -0.2) is 62.0 Å². The summed E-state index contributed by atoms with van der Waals surface area (Å²) in [6, 6.07) is 5.89. The van der Waals surface area contributed by atoms with E-state index in [1.54, 1.807) is 23.1 Å². The van der Waals surface area contributed by atoms with Crippen molar-refractivity contribution >= 4 is 27.2 Å². The highest BCUT2D eigenvalue weighted by Gasteiger charge is 2.37. The van der Waals surface area contributed by atoms with Crippen molar-refractivity contribution in [3.63, 3.8) is 0 Å². The smallest absolute Gasteiger partial charge is 0.226 e. The molecular formula is C21H24F2N4O2S. The van der Waals surface area contributed by atoms with E-state index in [0.29, 0.717) is 55.5 Å². The maximum absolute atomic E-state index is 14.7. The number of rotatable bonds is 3. The molecule has 0 spiro atoms. The molecule has 0 radical (unpaired) electrons. The van der Waals surface area contributed by atoms with Gasteiger partial charge in [0.05, 0.1) is 18.4 Å². The molecule has 2 aromatic rings. The van der Waals surface area contributed by atoms with Gasteiger partial charge in [0, 0.05) is 42.6 Å². The van der Waals surface area contributed by atoms with E-state index in [0.717, 1.165) is 12.4 Å². The minimum Gasteiger partial charge on any atom is -0.337 e. The van der Waals surface area contributed by atoms with Gasteiger partial charge in [-0.2, -0.15) is 0 Å². The molecule has 3 heterocycles. The van der Waals surface area contributed by atoms with Crippen molar-refractivity contribution in [3.05, 3.63) is 53.9 Å². The number of halogens is 2. The van der Waals surface area contributed by atoms with Gasteiger partial charge in [-0.3, -0.25) is 9.00 Å². The third kappa shape index (κ3) is 4.30. The van der Waals surface area contributed by atoms with Gasteiger partial charge in [-0.25, -0.2) is 18.7 Å². The number of piperazine rings is 1. The standard InChI is InChI=1S/C21H24F2N4O2S/c1-30(29)10-6-15(7-11-30)20(28)27-9-8-26(21-24-12-16(22)13-25-21)14-19(27)17-4-2-3-5-18(17)23/h2-5,12-13,15,19H,1,6-11,14H2. The third-order valence-corrected chi connectivity index (χ3v) is 7.80. The molecule has 160 valence electrons. The fourth-order valence-corrected chi connectivity index (χ4v) is 5.78. The summed E-state index contributed by atoms with van der Waals surface area (Å²) in [4.78, 5) is 25.0. The second kappa shape index (κ2) is 8.29. The lowest BCUT2D eigenvalue weighted by molar-refractivity contribution is -0.138.